The fourth-order valence-corrected chi connectivity index (χ4v) is 2.92. The van der Waals surface area contributed by atoms with Crippen molar-refractivity contribution in [1.82, 2.24) is 19.6 Å². The molecule has 134 valence electrons. The Morgan fingerprint density at radius 1 is 1.32 bits per heavy atom. The lowest BCUT2D eigenvalue weighted by Crippen LogP contribution is -2.30. The second-order valence-corrected chi connectivity index (χ2v) is 6.61. The molecule has 2 aromatic heterocycles. The third kappa shape index (κ3) is 4.58. The topological polar surface area (TPSA) is 105 Å². The summed E-state index contributed by atoms with van der Waals surface area (Å²) in [5.41, 5.74) is 0.961. The lowest BCUT2D eigenvalue weighted by atomic mass is 10.3. The Morgan fingerprint density at radius 3 is 2.64 bits per heavy atom. The summed E-state index contributed by atoms with van der Waals surface area (Å²) in [7, 11) is 3.22. The summed E-state index contributed by atoms with van der Waals surface area (Å²) in [6, 6.07) is 1.54. The van der Waals surface area contributed by atoms with Gasteiger partial charge >= 0.3 is 0 Å². The summed E-state index contributed by atoms with van der Waals surface area (Å²) < 4.78 is 5.60. The summed E-state index contributed by atoms with van der Waals surface area (Å²) in [4.78, 5) is 36.3. The Bertz CT molecular complexity index is 814. The van der Waals surface area contributed by atoms with Gasteiger partial charge in [0, 0.05) is 38.1 Å². The molecule has 2 rings (SSSR count). The van der Waals surface area contributed by atoms with Crippen LogP contribution in [0.2, 0.25) is 5.02 Å². The Kier molecular flexibility index (Phi) is 6.16. The van der Waals surface area contributed by atoms with E-state index in [0.29, 0.717) is 16.4 Å². The molecule has 0 spiro atoms. The van der Waals surface area contributed by atoms with Gasteiger partial charge in [-0.1, -0.05) is 11.6 Å². The lowest BCUT2D eigenvalue weighted by Gasteiger charge is -2.05. The standard InChI is InChI=1S/C15H18ClN5O3S/c1-8-12(16)13(20-25-8)15(24)19-9-6-10(21(3)7-9)14(23)18-5-4-11(22)17-2/h6-7H,4-5H2,1-3H3,(H,17,22)(H,18,23)(H,19,24). The van der Waals surface area contributed by atoms with Gasteiger partial charge < -0.3 is 20.5 Å². The Morgan fingerprint density at radius 2 is 2.04 bits per heavy atom. The van der Waals surface area contributed by atoms with E-state index in [1.807, 2.05) is 0 Å². The average molecular weight is 384 g/mol. The SMILES string of the molecule is CNC(=O)CCNC(=O)c1cc(NC(=O)c2nsc(C)c2Cl)cn1C. The van der Waals surface area contributed by atoms with Crippen LogP contribution < -0.4 is 16.0 Å². The number of hydrogen-bond acceptors (Lipinski definition) is 5. The monoisotopic (exact) mass is 383 g/mol. The number of rotatable bonds is 6. The molecule has 3 N–H and O–H groups in total. The Hall–Kier alpha value is -2.39. The molecule has 10 heteroatoms. The van der Waals surface area contributed by atoms with E-state index in [-0.39, 0.29) is 30.5 Å². The minimum Gasteiger partial charge on any atom is -0.359 e. The van der Waals surface area contributed by atoms with Crippen LogP contribution in [0, 0.1) is 6.92 Å². The number of carbonyl (C=O) groups excluding carboxylic acids is 3. The fourth-order valence-electron chi connectivity index (χ4n) is 2.06. The highest BCUT2D eigenvalue weighted by atomic mass is 35.5. The van der Waals surface area contributed by atoms with Crippen LogP contribution in [0.3, 0.4) is 0 Å². The highest BCUT2D eigenvalue weighted by Crippen LogP contribution is 2.24. The second kappa shape index (κ2) is 8.13. The van der Waals surface area contributed by atoms with Gasteiger partial charge in [-0.15, -0.1) is 0 Å². The first kappa shape index (κ1) is 18.9. The summed E-state index contributed by atoms with van der Waals surface area (Å²) in [6.45, 7) is 2.00. The molecule has 0 aromatic carbocycles. The first-order valence-corrected chi connectivity index (χ1v) is 8.57. The number of halogens is 1. The molecule has 0 aliphatic heterocycles. The van der Waals surface area contributed by atoms with Crippen molar-refractivity contribution < 1.29 is 14.4 Å². The van der Waals surface area contributed by atoms with Crippen molar-refractivity contribution in [1.29, 1.82) is 0 Å². The van der Waals surface area contributed by atoms with Crippen LogP contribution in [0.5, 0.6) is 0 Å². The predicted molar refractivity (Wildman–Crippen MR) is 96.2 cm³/mol. The van der Waals surface area contributed by atoms with Gasteiger partial charge in [0.05, 0.1) is 10.7 Å². The van der Waals surface area contributed by atoms with Crippen LogP contribution in [0.1, 0.15) is 32.3 Å². The molecule has 0 radical (unpaired) electrons. The van der Waals surface area contributed by atoms with Gasteiger partial charge in [-0.2, -0.15) is 4.37 Å². The molecule has 25 heavy (non-hydrogen) atoms. The molecule has 2 heterocycles. The number of carbonyl (C=O) groups is 3. The normalized spacial score (nSPS) is 10.4. The van der Waals surface area contributed by atoms with Gasteiger partial charge in [0.25, 0.3) is 11.8 Å². The zero-order valence-corrected chi connectivity index (χ0v) is 15.5. The molecule has 0 saturated heterocycles. The Balaban J connectivity index is 2.01. The highest BCUT2D eigenvalue weighted by molar-refractivity contribution is 7.06. The summed E-state index contributed by atoms with van der Waals surface area (Å²) in [5, 5.41) is 8.12. The molecule has 0 aliphatic carbocycles. The molecule has 0 atom stereocenters. The third-order valence-corrected chi connectivity index (χ3v) is 4.74. The molecule has 8 nitrogen and oxygen atoms in total. The molecule has 0 aliphatic rings. The van der Waals surface area contributed by atoms with Crippen LogP contribution in [-0.2, 0) is 11.8 Å². The second-order valence-electron chi connectivity index (χ2n) is 5.26. The van der Waals surface area contributed by atoms with E-state index in [0.717, 1.165) is 16.4 Å². The van der Waals surface area contributed by atoms with Gasteiger partial charge in [0.15, 0.2) is 5.69 Å². The van der Waals surface area contributed by atoms with E-state index in [2.05, 4.69) is 20.3 Å². The van der Waals surface area contributed by atoms with E-state index in [4.69, 9.17) is 11.6 Å². The number of nitrogens with one attached hydrogen (secondary N) is 3. The minimum atomic E-state index is -0.438. The van der Waals surface area contributed by atoms with Crippen molar-refractivity contribution in [3.8, 4) is 0 Å². The summed E-state index contributed by atoms with van der Waals surface area (Å²) in [5.74, 6) is -0.934. The average Bonchev–Trinajstić information content (AvgIpc) is 3.10. The zero-order chi connectivity index (χ0) is 18.6. The number of anilines is 1. The largest absolute Gasteiger partial charge is 0.359 e. The molecular formula is C15H18ClN5O3S. The maximum absolute atomic E-state index is 12.2. The Labute approximate surface area is 153 Å². The van der Waals surface area contributed by atoms with Crippen molar-refractivity contribution >= 4 is 46.5 Å². The lowest BCUT2D eigenvalue weighted by molar-refractivity contribution is -0.120. The van der Waals surface area contributed by atoms with Crippen LogP contribution >= 0.6 is 23.1 Å². The number of aromatic nitrogens is 2. The molecule has 0 fully saturated rings. The number of nitrogens with zero attached hydrogens (tertiary/aromatic N) is 2. The summed E-state index contributed by atoms with van der Waals surface area (Å²) >= 11 is 7.19. The van der Waals surface area contributed by atoms with Crippen molar-refractivity contribution in [2.45, 2.75) is 13.3 Å². The highest BCUT2D eigenvalue weighted by Gasteiger charge is 2.18. The molecule has 0 saturated carbocycles. The minimum absolute atomic E-state index is 0.157. The van der Waals surface area contributed by atoms with Crippen molar-refractivity contribution in [2.75, 3.05) is 18.9 Å². The number of amides is 3. The van der Waals surface area contributed by atoms with Crippen molar-refractivity contribution in [3.63, 3.8) is 0 Å². The predicted octanol–water partition coefficient (Wildman–Crippen LogP) is 1.56. The van der Waals surface area contributed by atoms with Crippen LogP contribution in [0.4, 0.5) is 5.69 Å². The zero-order valence-electron chi connectivity index (χ0n) is 14.0. The van der Waals surface area contributed by atoms with Crippen LogP contribution in [0.25, 0.3) is 0 Å². The van der Waals surface area contributed by atoms with Crippen molar-refractivity contribution in [3.05, 3.63) is 33.6 Å². The third-order valence-electron chi connectivity index (χ3n) is 3.42. The summed E-state index contributed by atoms with van der Waals surface area (Å²) in [6.07, 6.45) is 1.80. The van der Waals surface area contributed by atoms with Gasteiger partial charge in [-0.05, 0) is 24.5 Å². The van der Waals surface area contributed by atoms with Crippen molar-refractivity contribution in [2.24, 2.45) is 7.05 Å². The van der Waals surface area contributed by atoms with Gasteiger partial charge in [0.1, 0.15) is 5.69 Å². The fraction of sp³-hybridized carbons (Fsp3) is 0.333. The van der Waals surface area contributed by atoms with Gasteiger partial charge in [-0.25, -0.2) is 0 Å². The smallest absolute Gasteiger partial charge is 0.276 e. The number of aryl methyl sites for hydroxylation is 2. The molecule has 0 bridgehead atoms. The maximum Gasteiger partial charge on any atom is 0.276 e. The van der Waals surface area contributed by atoms with E-state index in [1.54, 1.807) is 30.8 Å². The molecular weight excluding hydrogens is 366 g/mol. The van der Waals surface area contributed by atoms with Crippen LogP contribution in [0.15, 0.2) is 12.3 Å². The van der Waals surface area contributed by atoms with Gasteiger partial charge in [-0.3, -0.25) is 14.4 Å². The molecule has 0 unspecified atom stereocenters. The van der Waals surface area contributed by atoms with E-state index >= 15 is 0 Å². The van der Waals surface area contributed by atoms with Crippen LogP contribution in [-0.4, -0.2) is 40.3 Å². The van der Waals surface area contributed by atoms with E-state index in [1.165, 1.54) is 7.05 Å². The molecule has 3 amide bonds. The van der Waals surface area contributed by atoms with E-state index in [9.17, 15) is 14.4 Å². The maximum atomic E-state index is 12.2. The first-order valence-electron chi connectivity index (χ1n) is 7.41. The molecule has 2 aromatic rings. The quantitative estimate of drug-likeness (QED) is 0.703. The first-order chi connectivity index (χ1) is 11.8. The number of hydrogen-bond donors (Lipinski definition) is 3. The van der Waals surface area contributed by atoms with E-state index < -0.39 is 5.91 Å². The van der Waals surface area contributed by atoms with Gasteiger partial charge in [0.2, 0.25) is 5.91 Å².